The van der Waals surface area contributed by atoms with Crippen LogP contribution in [0.3, 0.4) is 0 Å². The highest BCUT2D eigenvalue weighted by Gasteiger charge is 2.40. The van der Waals surface area contributed by atoms with Gasteiger partial charge in [-0.1, -0.05) is 29.8 Å². The molecular formula is C33H34ClN3O7. The quantitative estimate of drug-likeness (QED) is 0.472. The fraction of sp³-hybridized carbons (Fsp3) is 0.364. The van der Waals surface area contributed by atoms with Gasteiger partial charge in [-0.15, -0.1) is 0 Å². The van der Waals surface area contributed by atoms with E-state index in [-0.39, 0.29) is 43.5 Å². The van der Waals surface area contributed by atoms with Gasteiger partial charge in [-0.25, -0.2) is 0 Å². The molecule has 2 bridgehead atoms. The fourth-order valence-electron chi connectivity index (χ4n) is 5.94. The molecule has 230 valence electrons. The minimum absolute atomic E-state index is 0.0480. The summed E-state index contributed by atoms with van der Waals surface area (Å²) < 4.78 is 22.6. The first kappa shape index (κ1) is 29.6. The molecule has 2 atom stereocenters. The minimum atomic E-state index is -0.445. The topological polar surface area (TPSA) is 107 Å². The standard InChI is InChI=1S/C33H34ClN3O7/c1-41-27-9-5-22-16-29(27)42-14-13-36(33(40)23-6-10-28-30(17-23)44-20-43-28)12-2-11-35-32(39)26-19-37(18-25(22)26)31(38)15-21-3-7-24(34)8-4-21/h3-10,16-17,25-26H,2,11-15,18-20H2,1H3,(H,35,39)/t25-,26+/m1/s1. The highest BCUT2D eigenvalue weighted by Crippen LogP contribution is 2.38. The molecular weight excluding hydrogens is 586 g/mol. The van der Waals surface area contributed by atoms with Crippen molar-refractivity contribution in [3.8, 4) is 23.0 Å². The number of fused-ring (bicyclic) bond motifs is 5. The monoisotopic (exact) mass is 619 g/mol. The van der Waals surface area contributed by atoms with E-state index in [1.807, 2.05) is 30.3 Å². The predicted molar refractivity (Wildman–Crippen MR) is 163 cm³/mol. The minimum Gasteiger partial charge on any atom is -0.493 e. The molecule has 3 aromatic rings. The first-order valence-corrected chi connectivity index (χ1v) is 15.1. The number of hydrogen-bond acceptors (Lipinski definition) is 7. The Kier molecular flexibility index (Phi) is 8.79. The van der Waals surface area contributed by atoms with E-state index in [9.17, 15) is 14.4 Å². The van der Waals surface area contributed by atoms with E-state index < -0.39 is 5.92 Å². The van der Waals surface area contributed by atoms with Gasteiger partial charge in [0.05, 0.1) is 26.0 Å². The molecule has 3 heterocycles. The number of methoxy groups -OCH3 is 1. The van der Waals surface area contributed by atoms with Crippen molar-refractivity contribution in [3.63, 3.8) is 0 Å². The molecule has 0 aliphatic carbocycles. The average molecular weight is 620 g/mol. The third-order valence-corrected chi connectivity index (χ3v) is 8.58. The predicted octanol–water partition coefficient (Wildman–Crippen LogP) is 3.90. The number of nitrogens with zero attached hydrogens (tertiary/aromatic N) is 2. The van der Waals surface area contributed by atoms with E-state index in [4.69, 9.17) is 30.5 Å². The molecule has 0 aromatic heterocycles. The summed E-state index contributed by atoms with van der Waals surface area (Å²) in [5.74, 6) is 1.20. The molecule has 3 aliphatic rings. The molecule has 0 unspecified atom stereocenters. The lowest BCUT2D eigenvalue weighted by atomic mass is 9.88. The molecule has 3 aliphatic heterocycles. The smallest absolute Gasteiger partial charge is 0.254 e. The Labute approximate surface area is 260 Å². The molecule has 3 aromatic carbocycles. The van der Waals surface area contributed by atoms with E-state index in [1.165, 1.54) is 0 Å². The van der Waals surface area contributed by atoms with Gasteiger partial charge in [0.1, 0.15) is 6.61 Å². The maximum atomic E-state index is 13.6. The normalized spacial score (nSPS) is 19.8. The number of hydrogen-bond donors (Lipinski definition) is 1. The van der Waals surface area contributed by atoms with Crippen LogP contribution in [0.5, 0.6) is 23.0 Å². The van der Waals surface area contributed by atoms with Crippen molar-refractivity contribution in [2.75, 3.05) is 53.2 Å². The fourth-order valence-corrected chi connectivity index (χ4v) is 6.07. The van der Waals surface area contributed by atoms with Gasteiger partial charge in [0.25, 0.3) is 5.91 Å². The molecule has 11 heteroatoms. The summed E-state index contributed by atoms with van der Waals surface area (Å²) >= 11 is 6.01. The molecule has 10 nitrogen and oxygen atoms in total. The summed E-state index contributed by atoms with van der Waals surface area (Å²) in [6.07, 6.45) is 0.773. The Morgan fingerprint density at radius 1 is 0.909 bits per heavy atom. The highest BCUT2D eigenvalue weighted by atomic mass is 35.5. The number of ether oxygens (including phenoxy) is 4. The lowest BCUT2D eigenvalue weighted by molar-refractivity contribution is -0.130. The molecule has 0 radical (unpaired) electrons. The van der Waals surface area contributed by atoms with Gasteiger partial charge in [0.15, 0.2) is 23.0 Å². The second-order valence-corrected chi connectivity index (χ2v) is 11.5. The van der Waals surface area contributed by atoms with Crippen molar-refractivity contribution in [2.45, 2.75) is 18.8 Å². The Morgan fingerprint density at radius 3 is 2.52 bits per heavy atom. The van der Waals surface area contributed by atoms with Crippen LogP contribution in [0.4, 0.5) is 0 Å². The van der Waals surface area contributed by atoms with Crippen molar-refractivity contribution < 1.29 is 33.3 Å². The van der Waals surface area contributed by atoms with Crippen molar-refractivity contribution >= 4 is 29.3 Å². The van der Waals surface area contributed by atoms with Gasteiger partial charge >= 0.3 is 0 Å². The van der Waals surface area contributed by atoms with Crippen LogP contribution in [-0.4, -0.2) is 80.8 Å². The summed E-state index contributed by atoms with van der Waals surface area (Å²) in [5, 5.41) is 3.68. The van der Waals surface area contributed by atoms with Crippen LogP contribution >= 0.6 is 11.6 Å². The van der Waals surface area contributed by atoms with Crippen molar-refractivity contribution in [1.82, 2.24) is 15.1 Å². The molecule has 1 N–H and O–H groups in total. The largest absolute Gasteiger partial charge is 0.493 e. The molecule has 6 rings (SSSR count). The first-order valence-electron chi connectivity index (χ1n) is 14.7. The van der Waals surface area contributed by atoms with E-state index in [1.54, 1.807) is 47.2 Å². The van der Waals surface area contributed by atoms with E-state index in [0.29, 0.717) is 72.7 Å². The second-order valence-electron chi connectivity index (χ2n) is 11.1. The van der Waals surface area contributed by atoms with Crippen molar-refractivity contribution in [2.24, 2.45) is 5.92 Å². The number of carbonyl (C=O) groups is 3. The zero-order valence-electron chi connectivity index (χ0n) is 24.4. The summed E-state index contributed by atoms with van der Waals surface area (Å²) in [7, 11) is 1.57. The van der Waals surface area contributed by atoms with Gasteiger partial charge in [0, 0.05) is 42.7 Å². The molecule has 0 saturated carbocycles. The van der Waals surface area contributed by atoms with Crippen LogP contribution in [0.2, 0.25) is 5.02 Å². The SMILES string of the molecule is COc1ccc2cc1OCCN(C(=O)c1ccc3c(c1)OCO3)CCCNC(=O)[C@H]1CN(C(=O)Cc3ccc(Cl)cc3)C[C@H]21. The van der Waals surface area contributed by atoms with Crippen LogP contribution in [0, 0.1) is 5.92 Å². The highest BCUT2D eigenvalue weighted by molar-refractivity contribution is 6.30. The van der Waals surface area contributed by atoms with Crippen molar-refractivity contribution in [3.05, 3.63) is 82.4 Å². The Balaban J connectivity index is 1.21. The van der Waals surface area contributed by atoms with Crippen molar-refractivity contribution in [1.29, 1.82) is 0 Å². The number of halogens is 1. The summed E-state index contributed by atoms with van der Waals surface area (Å²) in [4.78, 5) is 43.9. The number of rotatable bonds is 4. The Hall–Kier alpha value is -4.44. The van der Waals surface area contributed by atoms with E-state index in [2.05, 4.69) is 5.32 Å². The number of likely N-dealkylation sites (tertiary alicyclic amines) is 1. The molecule has 1 saturated heterocycles. The molecule has 3 amide bonds. The van der Waals surface area contributed by atoms with Gasteiger partial charge in [-0.2, -0.15) is 0 Å². The summed E-state index contributed by atoms with van der Waals surface area (Å²) in [5.41, 5.74) is 2.23. The van der Waals surface area contributed by atoms with Crippen LogP contribution in [-0.2, 0) is 16.0 Å². The van der Waals surface area contributed by atoms with Gasteiger partial charge in [-0.05, 0) is 60.0 Å². The lowest BCUT2D eigenvalue weighted by Gasteiger charge is -2.25. The Bertz CT molecular complexity index is 1550. The van der Waals surface area contributed by atoms with Crippen LogP contribution in [0.25, 0.3) is 0 Å². The average Bonchev–Trinajstić information content (AvgIpc) is 3.70. The third kappa shape index (κ3) is 6.40. The third-order valence-electron chi connectivity index (χ3n) is 8.32. The lowest BCUT2D eigenvalue weighted by Crippen LogP contribution is -2.39. The number of amides is 3. The number of benzene rings is 3. The van der Waals surface area contributed by atoms with Gasteiger partial charge in [-0.3, -0.25) is 14.4 Å². The maximum Gasteiger partial charge on any atom is 0.254 e. The zero-order valence-corrected chi connectivity index (χ0v) is 25.2. The summed E-state index contributed by atoms with van der Waals surface area (Å²) in [6.45, 7) is 2.21. The molecule has 44 heavy (non-hydrogen) atoms. The van der Waals surface area contributed by atoms with Gasteiger partial charge < -0.3 is 34.1 Å². The summed E-state index contributed by atoms with van der Waals surface area (Å²) in [6, 6.07) is 18.0. The van der Waals surface area contributed by atoms with Gasteiger partial charge in [0.2, 0.25) is 18.6 Å². The van der Waals surface area contributed by atoms with Crippen LogP contribution in [0.1, 0.15) is 33.8 Å². The van der Waals surface area contributed by atoms with Crippen LogP contribution < -0.4 is 24.3 Å². The Morgan fingerprint density at radius 2 is 1.70 bits per heavy atom. The zero-order chi connectivity index (χ0) is 30.6. The molecule has 0 spiro atoms. The molecule has 1 fully saturated rings. The second kappa shape index (κ2) is 13.1. The number of carbonyl (C=O) groups excluding carboxylic acids is 3. The number of nitrogens with one attached hydrogen (secondary N) is 1. The van der Waals surface area contributed by atoms with Crippen LogP contribution in [0.15, 0.2) is 60.7 Å². The van der Waals surface area contributed by atoms with E-state index >= 15 is 0 Å². The maximum absolute atomic E-state index is 13.6. The van der Waals surface area contributed by atoms with E-state index in [0.717, 1.165) is 11.1 Å². The first-order chi connectivity index (χ1) is 21.4.